The van der Waals surface area contributed by atoms with Crippen molar-refractivity contribution in [1.82, 2.24) is 0 Å². The first kappa shape index (κ1) is 6.02. The normalized spacial score (nSPS) is 9.83. The highest BCUT2D eigenvalue weighted by Gasteiger charge is 1.85. The van der Waals surface area contributed by atoms with Crippen molar-refractivity contribution >= 4 is 8.05 Å². The Morgan fingerprint density at radius 1 is 1.67 bits per heavy atom. The second-order valence-corrected chi connectivity index (χ2v) is 1.85. The Hall–Kier alpha value is 0.0249. The van der Waals surface area contributed by atoms with Gasteiger partial charge in [-0.3, -0.25) is 0 Å². The van der Waals surface area contributed by atoms with E-state index in [1.807, 2.05) is 0 Å². The van der Waals surface area contributed by atoms with Gasteiger partial charge >= 0.3 is 0 Å². The molecule has 1 nitrogen and oxygen atoms in total. The summed E-state index contributed by atoms with van der Waals surface area (Å²) < 4.78 is 4.80. The van der Waals surface area contributed by atoms with Crippen molar-refractivity contribution in [3.63, 3.8) is 0 Å². The summed E-state index contributed by atoms with van der Waals surface area (Å²) in [6.45, 7) is 5.13. The highest BCUT2D eigenvalue weighted by atomic mass is 16.4. The third-order valence-electron chi connectivity index (χ3n) is 0.500. The maximum atomic E-state index is 4.80. The highest BCUT2D eigenvalue weighted by molar-refractivity contribution is 5.97. The molecule has 0 aliphatic carbocycles. The monoisotopic (exact) mass is 86.1 g/mol. The summed E-state index contributed by atoms with van der Waals surface area (Å²) in [6.07, 6.45) is 0. The lowest BCUT2D eigenvalue weighted by atomic mass is 10.2. The Morgan fingerprint density at radius 3 is 2.17 bits per heavy atom. The Balaban J connectivity index is 2.63. The van der Waals surface area contributed by atoms with Crippen molar-refractivity contribution in [2.24, 2.45) is 5.92 Å². The molecule has 0 aliphatic rings. The van der Waals surface area contributed by atoms with Gasteiger partial charge in [-0.05, 0) is 5.92 Å². The van der Waals surface area contributed by atoms with Crippen LogP contribution in [0, 0.1) is 5.92 Å². The Bertz CT molecular complexity index is 28.7. The molecule has 36 valence electrons. The second kappa shape index (κ2) is 3.22. The minimum absolute atomic E-state index is 0.676. The van der Waals surface area contributed by atoms with Gasteiger partial charge in [0.15, 0.2) is 0 Å². The van der Waals surface area contributed by atoms with Gasteiger partial charge in [-0.1, -0.05) is 13.8 Å². The molecule has 0 spiro atoms. The molecule has 0 aliphatic heterocycles. The molecule has 0 aromatic carbocycles. The van der Waals surface area contributed by atoms with Crippen LogP contribution in [0.4, 0.5) is 0 Å². The summed E-state index contributed by atoms with van der Waals surface area (Å²) in [5.74, 6) is 0.676. The summed E-state index contributed by atoms with van der Waals surface area (Å²) in [7, 11) is 1.72. The van der Waals surface area contributed by atoms with Crippen LogP contribution in [0.2, 0.25) is 0 Å². The summed E-state index contributed by atoms with van der Waals surface area (Å²) >= 11 is 0. The van der Waals surface area contributed by atoms with Crippen molar-refractivity contribution in [3.8, 4) is 0 Å². The summed E-state index contributed by atoms with van der Waals surface area (Å²) in [4.78, 5) is 0. The molecule has 0 saturated heterocycles. The lowest BCUT2D eigenvalue weighted by Crippen LogP contribution is -1.97. The van der Waals surface area contributed by atoms with Crippen LogP contribution in [0.15, 0.2) is 0 Å². The van der Waals surface area contributed by atoms with E-state index in [1.54, 1.807) is 8.05 Å². The molecule has 0 unspecified atom stereocenters. The molecule has 0 rings (SSSR count). The molecule has 0 heterocycles. The molecule has 0 amide bonds. The smallest absolute Gasteiger partial charge is 0.257 e. The summed E-state index contributed by atoms with van der Waals surface area (Å²) in [5.41, 5.74) is 0. The number of hydrogen-bond donors (Lipinski definition) is 0. The molecule has 0 N–H and O–H groups in total. The van der Waals surface area contributed by atoms with Crippen LogP contribution in [-0.4, -0.2) is 14.7 Å². The fourth-order valence-electron chi connectivity index (χ4n) is 0.333. The molecule has 0 atom stereocenters. The SMILES string of the molecule is BOCC(C)C. The van der Waals surface area contributed by atoms with Gasteiger partial charge in [0, 0.05) is 6.61 Å². The van der Waals surface area contributed by atoms with Crippen LogP contribution < -0.4 is 0 Å². The van der Waals surface area contributed by atoms with Gasteiger partial charge in [0.05, 0.1) is 0 Å². The zero-order valence-corrected chi connectivity index (χ0v) is 4.69. The second-order valence-electron chi connectivity index (χ2n) is 1.85. The van der Waals surface area contributed by atoms with Gasteiger partial charge in [0.1, 0.15) is 0 Å². The molecule has 0 radical (unpaired) electrons. The van der Waals surface area contributed by atoms with Crippen molar-refractivity contribution < 1.29 is 4.65 Å². The van der Waals surface area contributed by atoms with Gasteiger partial charge in [-0.15, -0.1) is 0 Å². The maximum absolute atomic E-state index is 4.80. The first-order chi connectivity index (χ1) is 2.77. The summed E-state index contributed by atoms with van der Waals surface area (Å²) in [6, 6.07) is 0. The highest BCUT2D eigenvalue weighted by Crippen LogP contribution is 1.87. The van der Waals surface area contributed by atoms with Crippen molar-refractivity contribution in [3.05, 3.63) is 0 Å². The van der Waals surface area contributed by atoms with Gasteiger partial charge in [0.25, 0.3) is 8.05 Å². The number of rotatable bonds is 2. The average molecular weight is 85.9 g/mol. The van der Waals surface area contributed by atoms with Crippen LogP contribution in [0.1, 0.15) is 13.8 Å². The fraction of sp³-hybridized carbons (Fsp3) is 1.00. The van der Waals surface area contributed by atoms with E-state index < -0.39 is 0 Å². The van der Waals surface area contributed by atoms with E-state index in [2.05, 4.69) is 13.8 Å². The predicted molar refractivity (Wildman–Crippen MR) is 29.3 cm³/mol. The van der Waals surface area contributed by atoms with E-state index in [0.717, 1.165) is 6.61 Å². The van der Waals surface area contributed by atoms with Crippen molar-refractivity contribution in [2.45, 2.75) is 13.8 Å². The maximum Gasteiger partial charge on any atom is 0.257 e. The third-order valence-corrected chi connectivity index (χ3v) is 0.500. The minimum atomic E-state index is 0.676. The Morgan fingerprint density at radius 2 is 2.17 bits per heavy atom. The van der Waals surface area contributed by atoms with Gasteiger partial charge in [0.2, 0.25) is 0 Å². The van der Waals surface area contributed by atoms with Crippen LogP contribution in [0.3, 0.4) is 0 Å². The zero-order valence-electron chi connectivity index (χ0n) is 4.69. The lowest BCUT2D eigenvalue weighted by molar-refractivity contribution is 0.295. The molecule has 0 bridgehead atoms. The van der Waals surface area contributed by atoms with Crippen molar-refractivity contribution in [2.75, 3.05) is 6.61 Å². The van der Waals surface area contributed by atoms with Crippen molar-refractivity contribution in [1.29, 1.82) is 0 Å². The van der Waals surface area contributed by atoms with Crippen LogP contribution >= 0.6 is 0 Å². The van der Waals surface area contributed by atoms with E-state index in [0.29, 0.717) is 5.92 Å². The number of hydrogen-bond acceptors (Lipinski definition) is 1. The van der Waals surface area contributed by atoms with E-state index in [-0.39, 0.29) is 0 Å². The predicted octanol–water partition coefficient (Wildman–Crippen LogP) is 0.207. The topological polar surface area (TPSA) is 9.23 Å². The molecule has 0 aromatic rings. The van der Waals surface area contributed by atoms with Crippen LogP contribution in [-0.2, 0) is 4.65 Å². The average Bonchev–Trinajstić information content (AvgIpc) is 1.35. The summed E-state index contributed by atoms with van der Waals surface area (Å²) in [5, 5.41) is 0. The Labute approximate surface area is 40.1 Å². The lowest BCUT2D eigenvalue weighted by Gasteiger charge is -1.98. The quantitative estimate of drug-likeness (QED) is 0.436. The largest absolute Gasteiger partial charge is 0.444 e. The first-order valence-electron chi connectivity index (χ1n) is 2.26. The van der Waals surface area contributed by atoms with E-state index >= 15 is 0 Å². The van der Waals surface area contributed by atoms with Crippen LogP contribution in [0.5, 0.6) is 0 Å². The van der Waals surface area contributed by atoms with Gasteiger partial charge in [-0.2, -0.15) is 0 Å². The molecule has 0 saturated carbocycles. The molecular weight excluding hydrogens is 74.9 g/mol. The first-order valence-corrected chi connectivity index (χ1v) is 2.26. The fourth-order valence-corrected chi connectivity index (χ4v) is 0.333. The molecule has 0 fully saturated rings. The van der Waals surface area contributed by atoms with E-state index in [1.165, 1.54) is 0 Å². The van der Waals surface area contributed by atoms with Crippen LogP contribution in [0.25, 0.3) is 0 Å². The third kappa shape index (κ3) is 4.02. The standard InChI is InChI=1S/C4H11BO/c1-4(2)3-6-5/h4H,3,5H2,1-2H3. The molecule has 6 heavy (non-hydrogen) atoms. The Kier molecular flexibility index (Phi) is 3.24. The molecular formula is C4H11BO. The van der Waals surface area contributed by atoms with Gasteiger partial charge < -0.3 is 4.65 Å². The molecule has 0 aromatic heterocycles. The minimum Gasteiger partial charge on any atom is -0.444 e. The molecule has 2 heteroatoms. The van der Waals surface area contributed by atoms with E-state index in [4.69, 9.17) is 4.65 Å². The van der Waals surface area contributed by atoms with Gasteiger partial charge in [-0.25, -0.2) is 0 Å². The zero-order chi connectivity index (χ0) is 4.99. The van der Waals surface area contributed by atoms with E-state index in [9.17, 15) is 0 Å².